The summed E-state index contributed by atoms with van der Waals surface area (Å²) in [6, 6.07) is 12.5. The third-order valence-corrected chi connectivity index (χ3v) is 4.48. The number of aliphatic hydroxyl groups excluding tert-OH is 1. The molecule has 0 atom stereocenters. The Bertz CT molecular complexity index is 860. The second kappa shape index (κ2) is 7.27. The van der Waals surface area contributed by atoms with E-state index in [1.807, 2.05) is 42.1 Å². The highest BCUT2D eigenvalue weighted by atomic mass is 16.5. The Morgan fingerprint density at radius 1 is 1.23 bits per heavy atom. The minimum absolute atomic E-state index is 0.152. The molecule has 1 aromatic carbocycles. The summed E-state index contributed by atoms with van der Waals surface area (Å²) in [5.41, 5.74) is 3.08. The summed E-state index contributed by atoms with van der Waals surface area (Å²) in [4.78, 5) is 8.67. The first-order valence-corrected chi connectivity index (χ1v) is 8.72. The summed E-state index contributed by atoms with van der Waals surface area (Å²) in [7, 11) is 1.98. The van der Waals surface area contributed by atoms with Gasteiger partial charge in [-0.1, -0.05) is 35.5 Å². The van der Waals surface area contributed by atoms with Gasteiger partial charge in [-0.3, -0.25) is 9.58 Å². The molecule has 0 saturated heterocycles. The third-order valence-electron chi connectivity index (χ3n) is 4.48. The highest BCUT2D eigenvalue weighted by Gasteiger charge is 2.23. The average molecular weight is 354 g/mol. The van der Waals surface area contributed by atoms with Crippen LogP contribution in [0.25, 0.3) is 11.4 Å². The van der Waals surface area contributed by atoms with E-state index in [4.69, 9.17) is 9.63 Å². The zero-order valence-corrected chi connectivity index (χ0v) is 14.7. The first kappa shape index (κ1) is 16.7. The number of anilines is 1. The molecule has 0 bridgehead atoms. The normalized spacial score (nSPS) is 14.0. The first-order chi connectivity index (χ1) is 12.7. The average Bonchev–Trinajstić information content (AvgIpc) is 3.28. The van der Waals surface area contributed by atoms with Gasteiger partial charge in [-0.15, -0.1) is 0 Å². The van der Waals surface area contributed by atoms with Crippen molar-refractivity contribution in [1.29, 1.82) is 0 Å². The molecule has 8 nitrogen and oxygen atoms in total. The van der Waals surface area contributed by atoms with Gasteiger partial charge in [0.15, 0.2) is 0 Å². The van der Waals surface area contributed by atoms with Crippen LogP contribution in [0.15, 0.2) is 40.9 Å². The molecule has 1 aliphatic heterocycles. The van der Waals surface area contributed by atoms with Crippen molar-refractivity contribution in [2.45, 2.75) is 19.6 Å². The molecule has 0 amide bonds. The molecule has 8 heteroatoms. The lowest BCUT2D eigenvalue weighted by atomic mass is 10.2. The lowest BCUT2D eigenvalue weighted by Gasteiger charge is -2.25. The Morgan fingerprint density at radius 3 is 2.88 bits per heavy atom. The maximum atomic E-state index is 9.02. The van der Waals surface area contributed by atoms with E-state index in [0.29, 0.717) is 24.9 Å². The maximum absolute atomic E-state index is 9.02. The predicted molar refractivity (Wildman–Crippen MR) is 96.4 cm³/mol. The number of hydrogen-bond acceptors (Lipinski definition) is 7. The van der Waals surface area contributed by atoms with Gasteiger partial charge in [-0.25, -0.2) is 0 Å². The molecule has 136 valence electrons. The molecule has 1 aliphatic rings. The second-order valence-corrected chi connectivity index (χ2v) is 6.50. The molecule has 0 saturated carbocycles. The fourth-order valence-electron chi connectivity index (χ4n) is 3.14. The Morgan fingerprint density at radius 2 is 2.08 bits per heavy atom. The van der Waals surface area contributed by atoms with Crippen LogP contribution in [0.5, 0.6) is 0 Å². The van der Waals surface area contributed by atoms with Crippen LogP contribution in [-0.2, 0) is 19.6 Å². The van der Waals surface area contributed by atoms with Crippen molar-refractivity contribution in [3.63, 3.8) is 0 Å². The van der Waals surface area contributed by atoms with Crippen molar-refractivity contribution < 1.29 is 9.63 Å². The molecule has 0 spiro atoms. The number of hydrogen-bond donors (Lipinski definition) is 1. The minimum Gasteiger partial charge on any atom is -0.395 e. The van der Waals surface area contributed by atoms with E-state index < -0.39 is 0 Å². The minimum atomic E-state index is 0.152. The van der Waals surface area contributed by atoms with Crippen molar-refractivity contribution in [1.82, 2.24) is 24.8 Å². The number of fused-ring (bicyclic) bond motifs is 1. The standard InChI is InChI=1S/C18H22N6O2/c1-22(9-10-25)12-15-11-16-13-23(7-8-24(16)20-15)18-19-17(21-26-18)14-5-3-2-4-6-14/h2-6,11,25H,7-10,12-13H2,1H3. The monoisotopic (exact) mass is 354 g/mol. The Hall–Kier alpha value is -2.71. The fraction of sp³-hybridized carbons (Fsp3) is 0.389. The molecule has 0 unspecified atom stereocenters. The van der Waals surface area contributed by atoms with Crippen LogP contribution < -0.4 is 4.90 Å². The third kappa shape index (κ3) is 3.47. The van der Waals surface area contributed by atoms with Gasteiger partial charge in [-0.05, 0) is 13.1 Å². The molecule has 0 aliphatic carbocycles. The number of aromatic nitrogens is 4. The van der Waals surface area contributed by atoms with Gasteiger partial charge >= 0.3 is 6.01 Å². The number of likely N-dealkylation sites (N-methyl/N-ethyl adjacent to an activating group) is 1. The second-order valence-electron chi connectivity index (χ2n) is 6.50. The van der Waals surface area contributed by atoms with Crippen LogP contribution in [0.3, 0.4) is 0 Å². The quantitative estimate of drug-likeness (QED) is 0.716. The number of rotatable bonds is 6. The van der Waals surface area contributed by atoms with Crippen molar-refractivity contribution in [2.75, 3.05) is 31.6 Å². The van der Waals surface area contributed by atoms with Crippen LogP contribution in [0.4, 0.5) is 6.01 Å². The smallest absolute Gasteiger partial charge is 0.324 e. The van der Waals surface area contributed by atoms with Crippen LogP contribution in [0.1, 0.15) is 11.4 Å². The molecule has 1 N–H and O–H groups in total. The van der Waals surface area contributed by atoms with Crippen LogP contribution in [-0.4, -0.2) is 56.7 Å². The molecule has 2 aromatic heterocycles. The lowest BCUT2D eigenvalue weighted by Crippen LogP contribution is -2.34. The van der Waals surface area contributed by atoms with E-state index in [9.17, 15) is 0 Å². The van der Waals surface area contributed by atoms with Gasteiger partial charge in [0.05, 0.1) is 31.1 Å². The van der Waals surface area contributed by atoms with Gasteiger partial charge in [0.25, 0.3) is 0 Å². The van der Waals surface area contributed by atoms with E-state index in [0.717, 1.165) is 36.6 Å². The highest BCUT2D eigenvalue weighted by molar-refractivity contribution is 5.55. The van der Waals surface area contributed by atoms with E-state index in [-0.39, 0.29) is 6.61 Å². The summed E-state index contributed by atoms with van der Waals surface area (Å²) in [5.74, 6) is 0.603. The first-order valence-electron chi connectivity index (χ1n) is 8.72. The van der Waals surface area contributed by atoms with Crippen LogP contribution in [0.2, 0.25) is 0 Å². The highest BCUT2D eigenvalue weighted by Crippen LogP contribution is 2.23. The maximum Gasteiger partial charge on any atom is 0.324 e. The Balaban J connectivity index is 1.47. The zero-order valence-electron chi connectivity index (χ0n) is 14.7. The molecule has 0 radical (unpaired) electrons. The summed E-state index contributed by atoms with van der Waals surface area (Å²) in [6.07, 6.45) is 0. The lowest BCUT2D eigenvalue weighted by molar-refractivity contribution is 0.215. The molecule has 3 heterocycles. The number of nitrogens with zero attached hydrogens (tertiary/aromatic N) is 6. The van der Waals surface area contributed by atoms with E-state index in [2.05, 4.69) is 31.1 Å². The van der Waals surface area contributed by atoms with Crippen molar-refractivity contribution >= 4 is 6.01 Å². The molecule has 3 aromatic rings. The van der Waals surface area contributed by atoms with Crippen molar-refractivity contribution in [3.05, 3.63) is 47.8 Å². The van der Waals surface area contributed by atoms with Crippen LogP contribution >= 0.6 is 0 Å². The molecular formula is C18H22N6O2. The molecular weight excluding hydrogens is 332 g/mol. The van der Waals surface area contributed by atoms with Gasteiger partial charge < -0.3 is 14.5 Å². The SMILES string of the molecule is CN(CCO)Cc1cc2n(n1)CCN(c1nc(-c3ccccc3)no1)C2. The largest absolute Gasteiger partial charge is 0.395 e. The van der Waals surface area contributed by atoms with Gasteiger partial charge in [0.2, 0.25) is 5.82 Å². The molecule has 0 fully saturated rings. The zero-order chi connectivity index (χ0) is 17.9. The van der Waals surface area contributed by atoms with Gasteiger partial charge in [0, 0.05) is 25.2 Å². The van der Waals surface area contributed by atoms with Gasteiger partial charge in [-0.2, -0.15) is 10.1 Å². The van der Waals surface area contributed by atoms with E-state index in [1.165, 1.54) is 0 Å². The Labute approximate surface area is 151 Å². The topological polar surface area (TPSA) is 83.5 Å². The van der Waals surface area contributed by atoms with E-state index >= 15 is 0 Å². The Kier molecular flexibility index (Phi) is 4.68. The predicted octanol–water partition coefficient (Wildman–Crippen LogP) is 1.38. The summed E-state index contributed by atoms with van der Waals surface area (Å²) in [5, 5.41) is 17.8. The van der Waals surface area contributed by atoms with Crippen molar-refractivity contribution in [3.8, 4) is 11.4 Å². The van der Waals surface area contributed by atoms with E-state index in [1.54, 1.807) is 0 Å². The number of aliphatic hydroxyl groups is 1. The molecule has 4 rings (SSSR count). The fourth-order valence-corrected chi connectivity index (χ4v) is 3.14. The summed E-state index contributed by atoms with van der Waals surface area (Å²) in [6.45, 7) is 3.75. The summed E-state index contributed by atoms with van der Waals surface area (Å²) >= 11 is 0. The number of benzene rings is 1. The van der Waals surface area contributed by atoms with Crippen LogP contribution in [0, 0.1) is 0 Å². The van der Waals surface area contributed by atoms with Crippen molar-refractivity contribution in [2.24, 2.45) is 0 Å². The molecule has 26 heavy (non-hydrogen) atoms. The van der Waals surface area contributed by atoms with Gasteiger partial charge in [0.1, 0.15) is 0 Å². The summed E-state index contributed by atoms with van der Waals surface area (Å²) < 4.78 is 7.51.